The third-order valence-corrected chi connectivity index (χ3v) is 7.89. The number of nitrogens with one attached hydrogen (secondary N) is 1. The first kappa shape index (κ1) is 25.2. The van der Waals surface area contributed by atoms with Crippen LogP contribution < -0.4 is 5.32 Å². The van der Waals surface area contributed by atoms with Crippen molar-refractivity contribution in [1.29, 1.82) is 0 Å². The number of benzene rings is 3. The molecule has 3 aromatic carbocycles. The van der Waals surface area contributed by atoms with Crippen LogP contribution in [0.25, 0.3) is 0 Å². The van der Waals surface area contributed by atoms with Gasteiger partial charge in [-0.15, -0.1) is 0 Å². The van der Waals surface area contributed by atoms with Gasteiger partial charge in [0, 0.05) is 27.8 Å². The monoisotopic (exact) mass is 504 g/mol. The molecule has 0 fully saturated rings. The van der Waals surface area contributed by atoms with Crippen LogP contribution in [-0.4, -0.2) is 25.2 Å². The molecule has 174 valence electrons. The fraction of sp³-hybridized carbons (Fsp3) is 0.240. The second-order valence-electron chi connectivity index (χ2n) is 7.80. The molecule has 1 amide bonds. The van der Waals surface area contributed by atoms with Crippen molar-refractivity contribution in [3.63, 3.8) is 0 Å². The Morgan fingerprint density at radius 2 is 1.55 bits per heavy atom. The van der Waals surface area contributed by atoms with Crippen LogP contribution in [0.2, 0.25) is 10.0 Å². The maximum Gasteiger partial charge on any atom is 0.243 e. The van der Waals surface area contributed by atoms with Crippen molar-refractivity contribution in [3.05, 3.63) is 93.0 Å². The number of nitrogens with zero attached hydrogens (tertiary/aromatic N) is 1. The molecule has 0 saturated heterocycles. The van der Waals surface area contributed by atoms with Crippen molar-refractivity contribution in [1.82, 2.24) is 4.31 Å². The number of carbonyl (C=O) groups excluding carboxylic acids is 1. The van der Waals surface area contributed by atoms with Gasteiger partial charge in [0.2, 0.25) is 15.9 Å². The second kappa shape index (κ2) is 10.7. The van der Waals surface area contributed by atoms with E-state index >= 15 is 0 Å². The lowest BCUT2D eigenvalue weighted by Gasteiger charge is -2.23. The van der Waals surface area contributed by atoms with E-state index in [2.05, 4.69) is 5.32 Å². The van der Waals surface area contributed by atoms with Gasteiger partial charge in [-0.1, -0.05) is 72.1 Å². The first-order chi connectivity index (χ1) is 15.6. The molecule has 0 bridgehead atoms. The summed E-state index contributed by atoms with van der Waals surface area (Å²) in [6, 6.07) is 17.2. The van der Waals surface area contributed by atoms with E-state index in [1.165, 1.54) is 12.1 Å². The lowest BCUT2D eigenvalue weighted by molar-refractivity contribution is -0.116. The summed E-state index contributed by atoms with van der Waals surface area (Å²) in [5.41, 5.74) is 3.96. The van der Waals surface area contributed by atoms with Crippen molar-refractivity contribution in [2.24, 2.45) is 0 Å². The van der Waals surface area contributed by atoms with Gasteiger partial charge in [-0.3, -0.25) is 4.79 Å². The number of hydrogen-bond donors (Lipinski definition) is 1. The standard InChI is InChI=1S/C25H26Cl2N2O3S/c1-4-19-8-5-7-18(3)25(19)28-24(30)16-29(15-21-22(26)9-6-10-23(21)27)33(31,32)20-13-11-17(2)12-14-20/h5-14H,4,15-16H2,1-3H3,(H,28,30). The van der Waals surface area contributed by atoms with Gasteiger partial charge in [0.1, 0.15) is 0 Å². The van der Waals surface area contributed by atoms with E-state index < -0.39 is 22.5 Å². The maximum absolute atomic E-state index is 13.5. The highest BCUT2D eigenvalue weighted by Crippen LogP contribution is 2.28. The molecule has 3 rings (SSSR count). The molecule has 0 unspecified atom stereocenters. The Kier molecular flexibility index (Phi) is 8.19. The average molecular weight is 505 g/mol. The molecule has 5 nitrogen and oxygen atoms in total. The topological polar surface area (TPSA) is 66.5 Å². The minimum absolute atomic E-state index is 0.0919. The highest BCUT2D eigenvalue weighted by atomic mass is 35.5. The molecule has 0 aliphatic heterocycles. The van der Waals surface area contributed by atoms with Crippen molar-refractivity contribution in [2.75, 3.05) is 11.9 Å². The quantitative estimate of drug-likeness (QED) is 0.408. The van der Waals surface area contributed by atoms with Gasteiger partial charge in [0.25, 0.3) is 0 Å². The molecule has 0 aliphatic carbocycles. The summed E-state index contributed by atoms with van der Waals surface area (Å²) >= 11 is 12.6. The summed E-state index contributed by atoms with van der Waals surface area (Å²) in [6.07, 6.45) is 0.734. The Hall–Kier alpha value is -2.38. The minimum Gasteiger partial charge on any atom is -0.324 e. The van der Waals surface area contributed by atoms with Crippen LogP contribution in [0.4, 0.5) is 5.69 Å². The molecule has 0 radical (unpaired) electrons. The average Bonchev–Trinajstić information content (AvgIpc) is 2.77. The van der Waals surface area contributed by atoms with Gasteiger partial charge < -0.3 is 5.32 Å². The summed E-state index contributed by atoms with van der Waals surface area (Å²) in [5.74, 6) is -0.446. The van der Waals surface area contributed by atoms with E-state index in [0.717, 1.165) is 27.4 Å². The lowest BCUT2D eigenvalue weighted by atomic mass is 10.1. The van der Waals surface area contributed by atoms with Crippen molar-refractivity contribution >= 4 is 44.8 Å². The maximum atomic E-state index is 13.5. The summed E-state index contributed by atoms with van der Waals surface area (Å²) in [7, 11) is -4.01. The van der Waals surface area contributed by atoms with E-state index in [1.54, 1.807) is 30.3 Å². The summed E-state index contributed by atoms with van der Waals surface area (Å²) in [4.78, 5) is 13.1. The smallest absolute Gasteiger partial charge is 0.243 e. The zero-order valence-corrected chi connectivity index (χ0v) is 21.1. The minimum atomic E-state index is -4.01. The number of para-hydroxylation sites is 1. The summed E-state index contributed by atoms with van der Waals surface area (Å²) < 4.78 is 28.1. The molecular weight excluding hydrogens is 479 g/mol. The molecule has 0 saturated carbocycles. The molecule has 0 spiro atoms. The van der Waals surface area contributed by atoms with Crippen molar-refractivity contribution in [3.8, 4) is 0 Å². The van der Waals surface area contributed by atoms with Gasteiger partial charge in [-0.05, 0) is 55.7 Å². The normalized spacial score (nSPS) is 11.6. The van der Waals surface area contributed by atoms with Gasteiger partial charge in [0.05, 0.1) is 11.4 Å². The number of anilines is 1. The van der Waals surface area contributed by atoms with E-state index in [4.69, 9.17) is 23.2 Å². The SMILES string of the molecule is CCc1cccc(C)c1NC(=O)CN(Cc1c(Cl)cccc1Cl)S(=O)(=O)c1ccc(C)cc1. The number of rotatable bonds is 8. The summed E-state index contributed by atoms with van der Waals surface area (Å²) in [5, 5.41) is 3.56. The van der Waals surface area contributed by atoms with Gasteiger partial charge in [-0.25, -0.2) is 8.42 Å². The van der Waals surface area contributed by atoms with Crippen LogP contribution in [0.1, 0.15) is 29.2 Å². The van der Waals surface area contributed by atoms with E-state index in [-0.39, 0.29) is 11.4 Å². The molecule has 1 N–H and O–H groups in total. The lowest BCUT2D eigenvalue weighted by Crippen LogP contribution is -2.38. The van der Waals surface area contributed by atoms with E-state index in [1.807, 2.05) is 39.0 Å². The molecular formula is C25H26Cl2N2O3S. The highest BCUT2D eigenvalue weighted by molar-refractivity contribution is 7.89. The Labute approximate surface area is 205 Å². The molecule has 33 heavy (non-hydrogen) atoms. The van der Waals surface area contributed by atoms with Crippen molar-refractivity contribution < 1.29 is 13.2 Å². The van der Waals surface area contributed by atoms with Crippen LogP contribution in [0, 0.1) is 13.8 Å². The van der Waals surface area contributed by atoms with Crippen LogP contribution in [0.3, 0.4) is 0 Å². The zero-order valence-electron chi connectivity index (χ0n) is 18.7. The fourth-order valence-corrected chi connectivity index (χ4v) is 5.37. The van der Waals surface area contributed by atoms with Crippen LogP contribution >= 0.6 is 23.2 Å². The Morgan fingerprint density at radius 3 is 2.15 bits per heavy atom. The van der Waals surface area contributed by atoms with Crippen LogP contribution in [0.5, 0.6) is 0 Å². The first-order valence-corrected chi connectivity index (χ1v) is 12.7. The number of sulfonamides is 1. The zero-order chi connectivity index (χ0) is 24.2. The number of carbonyl (C=O) groups is 1. The molecule has 0 aliphatic rings. The van der Waals surface area contributed by atoms with E-state index in [0.29, 0.717) is 21.3 Å². The first-order valence-electron chi connectivity index (χ1n) is 10.5. The van der Waals surface area contributed by atoms with Crippen molar-refractivity contribution in [2.45, 2.75) is 38.6 Å². The molecule has 0 heterocycles. The predicted octanol–water partition coefficient (Wildman–Crippen LogP) is 6.00. The van der Waals surface area contributed by atoms with Gasteiger partial charge in [-0.2, -0.15) is 4.31 Å². The largest absolute Gasteiger partial charge is 0.324 e. The molecule has 0 aromatic heterocycles. The van der Waals surface area contributed by atoms with Gasteiger partial charge in [0.15, 0.2) is 0 Å². The van der Waals surface area contributed by atoms with Crippen LogP contribution in [-0.2, 0) is 27.8 Å². The number of hydrogen-bond acceptors (Lipinski definition) is 3. The Balaban J connectivity index is 1.97. The highest BCUT2D eigenvalue weighted by Gasteiger charge is 2.28. The van der Waals surface area contributed by atoms with Crippen LogP contribution in [0.15, 0.2) is 65.6 Å². The summed E-state index contributed by atoms with van der Waals surface area (Å²) in [6.45, 7) is 5.24. The van der Waals surface area contributed by atoms with Gasteiger partial charge >= 0.3 is 0 Å². The second-order valence-corrected chi connectivity index (χ2v) is 10.5. The number of halogens is 2. The Morgan fingerprint density at radius 1 is 0.939 bits per heavy atom. The third kappa shape index (κ3) is 5.95. The molecule has 8 heteroatoms. The third-order valence-electron chi connectivity index (χ3n) is 5.38. The van der Waals surface area contributed by atoms with E-state index in [9.17, 15) is 13.2 Å². The molecule has 3 aromatic rings. The predicted molar refractivity (Wildman–Crippen MR) is 134 cm³/mol. The molecule has 0 atom stereocenters. The number of aryl methyl sites for hydroxylation is 3. The Bertz CT molecular complexity index is 1240. The number of amides is 1. The fourth-order valence-electron chi connectivity index (χ4n) is 3.49.